The minimum absolute atomic E-state index is 0.345. The summed E-state index contributed by atoms with van der Waals surface area (Å²) < 4.78 is 0. The van der Waals surface area contributed by atoms with Gasteiger partial charge in [0.2, 0.25) is 0 Å². The second-order valence-electron chi connectivity index (χ2n) is 8.28. The van der Waals surface area contributed by atoms with E-state index in [1.54, 1.807) is 6.92 Å². The molecule has 28 heavy (non-hydrogen) atoms. The molecule has 3 N–H and O–H groups in total. The molecular formula is C23H40O4S. The Morgan fingerprint density at radius 2 is 1.86 bits per heavy atom. The van der Waals surface area contributed by atoms with E-state index in [1.165, 1.54) is 50.7 Å². The lowest BCUT2D eigenvalue weighted by atomic mass is 9.87. The van der Waals surface area contributed by atoms with Gasteiger partial charge in [0, 0.05) is 5.92 Å². The third-order valence-corrected chi connectivity index (χ3v) is 6.82. The predicted octanol–water partition coefficient (Wildman–Crippen LogP) is 5.26. The Balaban J connectivity index is 2.54. The van der Waals surface area contributed by atoms with Crippen LogP contribution in [0.4, 0.5) is 0 Å². The molecule has 4 atom stereocenters. The summed E-state index contributed by atoms with van der Waals surface area (Å²) in [7, 11) is 0. The number of aliphatic carboxylic acids is 1. The minimum Gasteiger partial charge on any atom is -0.477 e. The number of unbranched alkanes of at least 4 members (excludes halogenated alkanes) is 4. The van der Waals surface area contributed by atoms with E-state index in [0.717, 1.165) is 12.3 Å². The Kier molecular flexibility index (Phi) is 12.1. The van der Waals surface area contributed by atoms with E-state index < -0.39 is 17.7 Å². The Labute approximate surface area is 175 Å². The van der Waals surface area contributed by atoms with Crippen molar-refractivity contribution < 1.29 is 20.1 Å². The second-order valence-corrected chi connectivity index (χ2v) is 9.19. The number of thioether (sulfide) groups is 1. The highest BCUT2D eigenvalue weighted by Gasteiger charge is 2.39. The van der Waals surface area contributed by atoms with Crippen molar-refractivity contribution in [3.8, 4) is 0 Å². The number of aliphatic hydroxyl groups is 2. The van der Waals surface area contributed by atoms with Crippen molar-refractivity contribution in [3.05, 3.63) is 24.3 Å². The molecule has 1 rings (SSSR count). The molecule has 0 saturated heterocycles. The lowest BCUT2D eigenvalue weighted by Crippen LogP contribution is -2.44. The van der Waals surface area contributed by atoms with Gasteiger partial charge >= 0.3 is 5.97 Å². The van der Waals surface area contributed by atoms with Crippen molar-refractivity contribution in [2.24, 2.45) is 23.7 Å². The molecule has 162 valence electrons. The summed E-state index contributed by atoms with van der Waals surface area (Å²) in [5, 5.41) is 28.1. The molecule has 1 saturated carbocycles. The molecule has 1 fully saturated rings. The van der Waals surface area contributed by atoms with Crippen LogP contribution in [0.15, 0.2) is 24.3 Å². The summed E-state index contributed by atoms with van der Waals surface area (Å²) in [6.45, 7) is 3.79. The number of carbonyl (C=O) groups is 1. The van der Waals surface area contributed by atoms with Gasteiger partial charge in [0.1, 0.15) is 0 Å². The van der Waals surface area contributed by atoms with Crippen LogP contribution >= 0.6 is 11.8 Å². The Morgan fingerprint density at radius 1 is 1.14 bits per heavy atom. The zero-order valence-electron chi connectivity index (χ0n) is 17.8. The van der Waals surface area contributed by atoms with Crippen LogP contribution in [-0.4, -0.2) is 39.1 Å². The van der Waals surface area contributed by atoms with Gasteiger partial charge in [-0.25, -0.2) is 4.79 Å². The van der Waals surface area contributed by atoms with Crippen LogP contribution in [0.5, 0.6) is 0 Å². The number of rotatable bonds is 14. The summed E-state index contributed by atoms with van der Waals surface area (Å²) in [4.78, 5) is 10.9. The average molecular weight is 413 g/mol. The predicted molar refractivity (Wildman–Crippen MR) is 118 cm³/mol. The van der Waals surface area contributed by atoms with Crippen LogP contribution < -0.4 is 0 Å². The normalized spacial score (nSPS) is 24.4. The van der Waals surface area contributed by atoms with Crippen molar-refractivity contribution in [1.29, 1.82) is 0 Å². The van der Waals surface area contributed by atoms with Gasteiger partial charge in [-0.3, -0.25) is 0 Å². The quantitative estimate of drug-likeness (QED) is 0.206. The summed E-state index contributed by atoms with van der Waals surface area (Å²) in [6, 6.07) is 0. The summed E-state index contributed by atoms with van der Waals surface area (Å²) in [5.41, 5.74) is 0. The monoisotopic (exact) mass is 412 g/mol. The van der Waals surface area contributed by atoms with Crippen molar-refractivity contribution in [3.63, 3.8) is 0 Å². The molecule has 5 heteroatoms. The minimum atomic E-state index is -2.66. The van der Waals surface area contributed by atoms with Gasteiger partial charge in [0.15, 0.2) is 0 Å². The van der Waals surface area contributed by atoms with Crippen LogP contribution in [0.1, 0.15) is 71.6 Å². The highest BCUT2D eigenvalue weighted by atomic mass is 32.2. The smallest absolute Gasteiger partial charge is 0.364 e. The van der Waals surface area contributed by atoms with Gasteiger partial charge in [0.05, 0.1) is 0 Å². The molecule has 1 unspecified atom stereocenters. The molecule has 0 aliphatic heterocycles. The van der Waals surface area contributed by atoms with Crippen LogP contribution in [0.3, 0.4) is 0 Å². The molecule has 0 spiro atoms. The first-order chi connectivity index (χ1) is 13.3. The molecular weight excluding hydrogens is 372 g/mol. The Bertz CT molecular complexity index is 501. The first-order valence-electron chi connectivity index (χ1n) is 10.8. The van der Waals surface area contributed by atoms with E-state index in [1.807, 2.05) is 17.8 Å². The molecule has 0 bridgehead atoms. The number of hydrogen-bond acceptors (Lipinski definition) is 4. The van der Waals surface area contributed by atoms with Crippen molar-refractivity contribution in [2.45, 2.75) is 77.4 Å². The van der Waals surface area contributed by atoms with Crippen molar-refractivity contribution in [1.82, 2.24) is 0 Å². The SMILES string of the molecule is CCCCCC/C=C/[C@@H]1[C@@H](C/C=C\CC(C)C(O)(O)C(=O)O)CC[C@H]1CSC. The first-order valence-corrected chi connectivity index (χ1v) is 12.2. The molecule has 1 aliphatic rings. The largest absolute Gasteiger partial charge is 0.477 e. The lowest BCUT2D eigenvalue weighted by molar-refractivity contribution is -0.219. The topological polar surface area (TPSA) is 77.8 Å². The molecule has 0 aromatic heterocycles. The molecule has 0 radical (unpaired) electrons. The number of carboxylic acids is 1. The molecule has 4 nitrogen and oxygen atoms in total. The maximum atomic E-state index is 10.9. The number of hydrogen-bond donors (Lipinski definition) is 3. The first kappa shape index (κ1) is 25.3. The van der Waals surface area contributed by atoms with Gasteiger partial charge in [-0.15, -0.1) is 0 Å². The Morgan fingerprint density at radius 3 is 2.50 bits per heavy atom. The Hall–Kier alpha value is -0.780. The summed E-state index contributed by atoms with van der Waals surface area (Å²) in [5.74, 6) is -1.80. The van der Waals surface area contributed by atoms with Gasteiger partial charge in [-0.05, 0) is 68.3 Å². The third kappa shape index (κ3) is 8.30. The maximum Gasteiger partial charge on any atom is 0.364 e. The summed E-state index contributed by atoms with van der Waals surface area (Å²) >= 11 is 1.93. The van der Waals surface area contributed by atoms with Crippen LogP contribution in [0, 0.1) is 23.7 Å². The zero-order valence-corrected chi connectivity index (χ0v) is 18.7. The van der Waals surface area contributed by atoms with Gasteiger partial charge in [-0.1, -0.05) is 57.4 Å². The van der Waals surface area contributed by atoms with Gasteiger partial charge in [-0.2, -0.15) is 11.8 Å². The van der Waals surface area contributed by atoms with Crippen molar-refractivity contribution >= 4 is 17.7 Å². The van der Waals surface area contributed by atoms with E-state index >= 15 is 0 Å². The molecule has 0 heterocycles. The van der Waals surface area contributed by atoms with E-state index in [9.17, 15) is 15.0 Å². The van der Waals surface area contributed by atoms with Gasteiger partial charge in [0.25, 0.3) is 5.79 Å². The third-order valence-electron chi connectivity index (χ3n) is 6.06. The van der Waals surface area contributed by atoms with Gasteiger partial charge < -0.3 is 15.3 Å². The fourth-order valence-electron chi connectivity index (χ4n) is 4.08. The van der Waals surface area contributed by atoms with Crippen molar-refractivity contribution in [2.75, 3.05) is 12.0 Å². The van der Waals surface area contributed by atoms with E-state index in [-0.39, 0.29) is 0 Å². The number of carboxylic acid groups (broad SMARTS) is 1. The maximum absolute atomic E-state index is 10.9. The van der Waals surface area contributed by atoms with Crippen LogP contribution in [0.25, 0.3) is 0 Å². The molecule has 0 aromatic carbocycles. The molecule has 1 aliphatic carbocycles. The fourth-order valence-corrected chi connectivity index (χ4v) is 4.90. The highest BCUT2D eigenvalue weighted by Crippen LogP contribution is 2.41. The van der Waals surface area contributed by atoms with E-state index in [0.29, 0.717) is 18.3 Å². The second kappa shape index (κ2) is 13.4. The highest BCUT2D eigenvalue weighted by molar-refractivity contribution is 7.98. The average Bonchev–Trinajstić information content (AvgIpc) is 3.03. The van der Waals surface area contributed by atoms with Crippen LogP contribution in [0.2, 0.25) is 0 Å². The molecule has 0 aromatic rings. The lowest BCUT2D eigenvalue weighted by Gasteiger charge is -2.23. The number of allylic oxidation sites excluding steroid dienone is 4. The molecule has 0 amide bonds. The van der Waals surface area contributed by atoms with E-state index in [4.69, 9.17) is 5.11 Å². The standard InChI is InChI=1S/C23H40O4S/c1-4-5-6-7-8-9-14-21-19(15-16-20(21)17-28-3)13-11-10-12-18(2)23(26,27)22(24)25/h9-11,14,18-21,26-27H,4-8,12-13,15-17H2,1-3H3,(H,24,25)/b11-10-,14-9+/t18?,19-,20-,21+/m0/s1. The fraction of sp³-hybridized carbons (Fsp3) is 0.783. The zero-order chi connectivity index (χ0) is 21.0. The van der Waals surface area contributed by atoms with Crippen LogP contribution in [-0.2, 0) is 4.79 Å². The summed E-state index contributed by atoms with van der Waals surface area (Å²) in [6.07, 6.45) is 21.2. The van der Waals surface area contributed by atoms with E-state index in [2.05, 4.69) is 31.4 Å².